The van der Waals surface area contributed by atoms with Gasteiger partial charge in [-0.15, -0.1) is 23.1 Å². The largest absolute Gasteiger partial charge is 0.487 e. The Morgan fingerprint density at radius 3 is 2.81 bits per heavy atom. The number of hydrogen-bond donors (Lipinski definition) is 1. The topological polar surface area (TPSA) is 21.3 Å². The molecule has 2 aromatic rings. The molecule has 0 amide bonds. The summed E-state index contributed by atoms with van der Waals surface area (Å²) in [7, 11) is 2.04. The summed E-state index contributed by atoms with van der Waals surface area (Å²) in [6, 6.07) is 13.2. The van der Waals surface area contributed by atoms with Crippen molar-refractivity contribution in [1.82, 2.24) is 5.32 Å². The van der Waals surface area contributed by atoms with Crippen LogP contribution >= 0.6 is 23.1 Å². The van der Waals surface area contributed by atoms with Crippen molar-refractivity contribution >= 4 is 23.1 Å². The Balaban J connectivity index is 1.69. The third-order valence-corrected chi connectivity index (χ3v) is 6.23. The molecule has 2 nitrogen and oxygen atoms in total. The number of fused-ring (bicyclic) bond motifs is 1. The Hall–Kier alpha value is -0.970. The van der Waals surface area contributed by atoms with Gasteiger partial charge in [0.05, 0.1) is 0 Å². The minimum Gasteiger partial charge on any atom is -0.487 e. The van der Waals surface area contributed by atoms with Crippen molar-refractivity contribution in [1.29, 1.82) is 0 Å². The SMILES string of the molecule is CCc1ccc(CC(NC)C2CSc3ccccc3O2)s1. The van der Waals surface area contributed by atoms with Crippen molar-refractivity contribution in [3.05, 3.63) is 46.2 Å². The molecule has 3 rings (SSSR count). The number of ether oxygens (including phenoxy) is 1. The lowest BCUT2D eigenvalue weighted by Gasteiger charge is -2.31. The minimum atomic E-state index is 0.224. The van der Waals surface area contributed by atoms with Crippen molar-refractivity contribution in [3.8, 4) is 5.75 Å². The summed E-state index contributed by atoms with van der Waals surface area (Å²) in [6.45, 7) is 2.21. The third-order valence-electron chi connectivity index (χ3n) is 3.84. The van der Waals surface area contributed by atoms with Crippen LogP contribution in [0, 0.1) is 0 Å². The molecule has 0 radical (unpaired) electrons. The van der Waals surface area contributed by atoms with Crippen LogP contribution in [0.5, 0.6) is 5.75 Å². The summed E-state index contributed by atoms with van der Waals surface area (Å²) in [6.07, 6.45) is 2.38. The average Bonchev–Trinajstić information content (AvgIpc) is 3.00. The first-order chi connectivity index (χ1) is 10.3. The molecule has 1 aliphatic rings. The summed E-state index contributed by atoms with van der Waals surface area (Å²) in [5.74, 6) is 2.04. The first-order valence-electron chi connectivity index (χ1n) is 7.43. The lowest BCUT2D eigenvalue weighted by atomic mass is 10.1. The molecule has 2 unspecified atom stereocenters. The van der Waals surface area contributed by atoms with Crippen molar-refractivity contribution in [2.24, 2.45) is 0 Å². The van der Waals surface area contributed by atoms with Gasteiger partial charge in [0.1, 0.15) is 11.9 Å². The van der Waals surface area contributed by atoms with Gasteiger partial charge in [-0.25, -0.2) is 0 Å². The van der Waals surface area contributed by atoms with Gasteiger partial charge >= 0.3 is 0 Å². The molecule has 2 atom stereocenters. The Morgan fingerprint density at radius 1 is 1.24 bits per heavy atom. The second kappa shape index (κ2) is 6.86. The van der Waals surface area contributed by atoms with Crippen LogP contribution in [0.4, 0.5) is 0 Å². The van der Waals surface area contributed by atoms with Crippen molar-refractivity contribution < 1.29 is 4.74 Å². The van der Waals surface area contributed by atoms with E-state index in [1.54, 1.807) is 0 Å². The molecule has 2 heterocycles. The van der Waals surface area contributed by atoms with E-state index in [2.05, 4.69) is 42.6 Å². The zero-order valence-corrected chi connectivity index (χ0v) is 14.1. The van der Waals surface area contributed by atoms with Gasteiger partial charge in [-0.2, -0.15) is 0 Å². The van der Waals surface area contributed by atoms with Crippen LogP contribution in [0.25, 0.3) is 0 Å². The molecule has 0 bridgehead atoms. The van der Waals surface area contributed by atoms with Crippen molar-refractivity contribution in [2.75, 3.05) is 12.8 Å². The van der Waals surface area contributed by atoms with Gasteiger partial charge in [-0.3, -0.25) is 0 Å². The fraction of sp³-hybridized carbons (Fsp3) is 0.412. The summed E-state index contributed by atoms with van der Waals surface area (Å²) in [4.78, 5) is 4.16. The number of rotatable bonds is 5. The van der Waals surface area contributed by atoms with Gasteiger partial charge in [0.25, 0.3) is 0 Å². The molecule has 1 aromatic heterocycles. The van der Waals surface area contributed by atoms with Gasteiger partial charge in [0.15, 0.2) is 0 Å². The van der Waals surface area contributed by atoms with Crippen LogP contribution < -0.4 is 10.1 Å². The highest BCUT2D eigenvalue weighted by Crippen LogP contribution is 2.36. The minimum absolute atomic E-state index is 0.224. The Kier molecular flexibility index (Phi) is 4.88. The lowest BCUT2D eigenvalue weighted by Crippen LogP contribution is -2.45. The molecule has 21 heavy (non-hydrogen) atoms. The molecule has 0 fully saturated rings. The highest BCUT2D eigenvalue weighted by Gasteiger charge is 2.27. The molecule has 4 heteroatoms. The van der Waals surface area contributed by atoms with Crippen LogP contribution in [0.1, 0.15) is 16.7 Å². The van der Waals surface area contributed by atoms with Crippen LogP contribution in [-0.2, 0) is 12.8 Å². The van der Waals surface area contributed by atoms with Crippen molar-refractivity contribution in [3.63, 3.8) is 0 Å². The number of aryl methyl sites for hydroxylation is 1. The van der Waals surface area contributed by atoms with E-state index in [0.717, 1.165) is 24.3 Å². The van der Waals surface area contributed by atoms with E-state index in [4.69, 9.17) is 4.74 Å². The molecule has 0 aliphatic carbocycles. The van der Waals surface area contributed by atoms with Crippen LogP contribution in [0.2, 0.25) is 0 Å². The lowest BCUT2D eigenvalue weighted by molar-refractivity contribution is 0.170. The molecule has 0 saturated heterocycles. The molecule has 0 saturated carbocycles. The monoisotopic (exact) mass is 319 g/mol. The maximum absolute atomic E-state index is 6.21. The third kappa shape index (κ3) is 3.44. The van der Waals surface area contributed by atoms with E-state index in [1.165, 1.54) is 14.6 Å². The molecule has 1 N–H and O–H groups in total. The molecule has 0 spiro atoms. The number of benzene rings is 1. The van der Waals surface area contributed by atoms with Crippen molar-refractivity contribution in [2.45, 2.75) is 36.8 Å². The quantitative estimate of drug-likeness (QED) is 0.900. The highest BCUT2D eigenvalue weighted by molar-refractivity contribution is 7.99. The van der Waals surface area contributed by atoms with E-state index >= 15 is 0 Å². The molecule has 1 aromatic carbocycles. The Labute approximate surface area is 134 Å². The number of nitrogens with one attached hydrogen (secondary N) is 1. The Bertz CT molecular complexity index is 596. The van der Waals surface area contributed by atoms with Crippen LogP contribution in [0.3, 0.4) is 0 Å². The fourth-order valence-corrected chi connectivity index (χ4v) is 4.69. The first-order valence-corrected chi connectivity index (χ1v) is 9.23. The van der Waals surface area contributed by atoms with Gasteiger partial charge in [0, 0.05) is 32.9 Å². The number of para-hydroxylation sites is 1. The average molecular weight is 319 g/mol. The highest BCUT2D eigenvalue weighted by atomic mass is 32.2. The number of hydrogen-bond acceptors (Lipinski definition) is 4. The van der Waals surface area contributed by atoms with E-state index in [0.29, 0.717) is 6.04 Å². The first kappa shape index (κ1) is 14.9. The second-order valence-electron chi connectivity index (χ2n) is 5.23. The Morgan fingerprint density at radius 2 is 2.05 bits per heavy atom. The predicted molar refractivity (Wildman–Crippen MR) is 91.8 cm³/mol. The fourth-order valence-electron chi connectivity index (χ4n) is 2.59. The standard InChI is InChI=1S/C17H21NOS2/c1-3-12-8-9-13(21-12)10-14(18-2)16-11-20-17-7-5-4-6-15(17)19-16/h4-9,14,16,18H,3,10-11H2,1-2H3. The second-order valence-corrected chi connectivity index (χ2v) is 7.55. The normalized spacial score (nSPS) is 18.9. The zero-order valence-electron chi connectivity index (χ0n) is 12.5. The van der Waals surface area contributed by atoms with E-state index < -0.39 is 0 Å². The number of thioether (sulfide) groups is 1. The number of thiophene rings is 1. The van der Waals surface area contributed by atoms with Gasteiger partial charge in [0.2, 0.25) is 0 Å². The number of likely N-dealkylation sites (N-methyl/N-ethyl adjacent to an activating group) is 1. The smallest absolute Gasteiger partial charge is 0.133 e. The summed E-state index contributed by atoms with van der Waals surface area (Å²) in [5, 5.41) is 3.45. The van der Waals surface area contributed by atoms with Crippen LogP contribution in [0.15, 0.2) is 41.3 Å². The van der Waals surface area contributed by atoms with E-state index in [1.807, 2.05) is 36.2 Å². The van der Waals surface area contributed by atoms with E-state index in [9.17, 15) is 0 Å². The zero-order chi connectivity index (χ0) is 14.7. The van der Waals surface area contributed by atoms with Gasteiger partial charge in [-0.1, -0.05) is 19.1 Å². The summed E-state index contributed by atoms with van der Waals surface area (Å²) in [5.41, 5.74) is 0. The molecular weight excluding hydrogens is 298 g/mol. The maximum atomic E-state index is 6.21. The predicted octanol–water partition coefficient (Wildman–Crippen LogP) is 3.99. The van der Waals surface area contributed by atoms with Gasteiger partial charge in [-0.05, 0) is 37.7 Å². The van der Waals surface area contributed by atoms with Crippen LogP contribution in [-0.4, -0.2) is 24.9 Å². The van der Waals surface area contributed by atoms with Gasteiger partial charge < -0.3 is 10.1 Å². The maximum Gasteiger partial charge on any atom is 0.133 e. The molecule has 1 aliphatic heterocycles. The van der Waals surface area contributed by atoms with E-state index in [-0.39, 0.29) is 6.10 Å². The summed E-state index contributed by atoms with van der Waals surface area (Å²) < 4.78 is 6.21. The summed E-state index contributed by atoms with van der Waals surface area (Å²) >= 11 is 3.82. The molecular formula is C17H21NOS2. The molecule has 112 valence electrons.